The van der Waals surface area contributed by atoms with E-state index >= 15 is 0 Å². The highest BCUT2D eigenvalue weighted by Gasteiger charge is 2.46. The van der Waals surface area contributed by atoms with Crippen molar-refractivity contribution in [2.75, 3.05) is 10.6 Å². The predicted molar refractivity (Wildman–Crippen MR) is 116 cm³/mol. The van der Waals surface area contributed by atoms with E-state index in [0.717, 1.165) is 19.3 Å². The Morgan fingerprint density at radius 2 is 1.71 bits per heavy atom. The maximum absolute atomic E-state index is 12.2. The van der Waals surface area contributed by atoms with E-state index in [1.807, 2.05) is 0 Å². The van der Waals surface area contributed by atoms with Crippen LogP contribution in [-0.4, -0.2) is 27.2 Å². The van der Waals surface area contributed by atoms with Crippen molar-refractivity contribution in [3.8, 4) is 11.4 Å². The number of aliphatic carboxylic acids is 1. The van der Waals surface area contributed by atoms with E-state index in [2.05, 4.69) is 20.8 Å². The number of benzene rings is 2. The first-order valence-electron chi connectivity index (χ1n) is 9.98. The van der Waals surface area contributed by atoms with Gasteiger partial charge in [0.15, 0.2) is 0 Å². The number of carbonyl (C=O) groups excluding carboxylic acids is 1. The van der Waals surface area contributed by atoms with Gasteiger partial charge in [-0.3, -0.25) is 4.79 Å². The zero-order valence-electron chi connectivity index (χ0n) is 16.6. The fourth-order valence-corrected chi connectivity index (χ4v) is 3.96. The summed E-state index contributed by atoms with van der Waals surface area (Å²) >= 11 is 5.92. The van der Waals surface area contributed by atoms with Crippen LogP contribution in [0.3, 0.4) is 0 Å². The third-order valence-electron chi connectivity index (χ3n) is 5.44. The van der Waals surface area contributed by atoms with E-state index in [1.165, 1.54) is 0 Å². The van der Waals surface area contributed by atoms with E-state index in [1.54, 1.807) is 48.5 Å². The minimum atomic E-state index is -1.11. The number of urea groups is 1. The summed E-state index contributed by atoms with van der Waals surface area (Å²) in [6.07, 6.45) is 3.64. The quantitative estimate of drug-likeness (QED) is 0.494. The van der Waals surface area contributed by atoms with E-state index < -0.39 is 17.4 Å². The smallest absolute Gasteiger partial charge is 0.323 e. The van der Waals surface area contributed by atoms with Gasteiger partial charge in [0.2, 0.25) is 11.7 Å². The third-order valence-corrected chi connectivity index (χ3v) is 5.67. The molecule has 1 heterocycles. The van der Waals surface area contributed by atoms with Crippen molar-refractivity contribution >= 4 is 35.0 Å². The van der Waals surface area contributed by atoms with Gasteiger partial charge in [-0.2, -0.15) is 4.98 Å². The van der Waals surface area contributed by atoms with Crippen LogP contribution in [0.2, 0.25) is 5.02 Å². The Morgan fingerprint density at radius 3 is 2.39 bits per heavy atom. The van der Waals surface area contributed by atoms with E-state index in [0.29, 0.717) is 40.6 Å². The minimum Gasteiger partial charge on any atom is -0.480 e. The highest BCUT2D eigenvalue weighted by molar-refractivity contribution is 6.30. The van der Waals surface area contributed by atoms with Gasteiger partial charge in [0.1, 0.15) is 5.41 Å². The summed E-state index contributed by atoms with van der Waals surface area (Å²) in [5.41, 5.74) is 0.702. The van der Waals surface area contributed by atoms with Gasteiger partial charge in [0, 0.05) is 22.0 Å². The largest absolute Gasteiger partial charge is 0.480 e. The highest BCUT2D eigenvalue weighted by Crippen LogP contribution is 2.39. The molecule has 4 rings (SSSR count). The molecule has 0 radical (unpaired) electrons. The standard InChI is InChI=1S/C22H21ClN4O4/c23-15-5-4-6-17(13-15)25-21(30)24-16-9-7-14(8-10-16)18-26-19(31-27-18)22(20(28)29)11-2-1-3-12-22/h4-10,13H,1-3,11-12H2,(H,28,29)(H2,24,25,30). The van der Waals surface area contributed by atoms with Crippen molar-refractivity contribution in [1.82, 2.24) is 10.1 Å². The topological polar surface area (TPSA) is 117 Å². The summed E-state index contributed by atoms with van der Waals surface area (Å²) in [6, 6.07) is 13.3. The lowest BCUT2D eigenvalue weighted by Crippen LogP contribution is -2.38. The van der Waals surface area contributed by atoms with Crippen molar-refractivity contribution in [3.05, 3.63) is 59.4 Å². The number of hydrogen-bond donors (Lipinski definition) is 3. The Balaban J connectivity index is 1.45. The Hall–Kier alpha value is -3.39. The summed E-state index contributed by atoms with van der Waals surface area (Å²) in [7, 11) is 0. The number of nitrogens with zero attached hydrogens (tertiary/aromatic N) is 2. The molecule has 0 unspecified atom stereocenters. The number of halogens is 1. The summed E-state index contributed by atoms with van der Waals surface area (Å²) in [5, 5.41) is 19.7. The predicted octanol–water partition coefficient (Wildman–Crippen LogP) is 5.32. The maximum atomic E-state index is 12.2. The van der Waals surface area contributed by atoms with Crippen LogP contribution in [0.5, 0.6) is 0 Å². The molecule has 0 bridgehead atoms. The highest BCUT2D eigenvalue weighted by atomic mass is 35.5. The van der Waals surface area contributed by atoms with Gasteiger partial charge in [-0.05, 0) is 55.3 Å². The van der Waals surface area contributed by atoms with Crippen molar-refractivity contribution < 1.29 is 19.2 Å². The fourth-order valence-electron chi connectivity index (χ4n) is 3.77. The van der Waals surface area contributed by atoms with Gasteiger partial charge in [-0.25, -0.2) is 4.79 Å². The molecule has 8 nitrogen and oxygen atoms in total. The van der Waals surface area contributed by atoms with Crippen molar-refractivity contribution in [1.29, 1.82) is 0 Å². The number of rotatable bonds is 5. The average Bonchev–Trinajstić information content (AvgIpc) is 3.25. The Bertz CT molecular complexity index is 1090. The maximum Gasteiger partial charge on any atom is 0.323 e. The van der Waals surface area contributed by atoms with Crippen LogP contribution in [0.25, 0.3) is 11.4 Å². The lowest BCUT2D eigenvalue weighted by molar-refractivity contribution is -0.146. The Morgan fingerprint density at radius 1 is 1.00 bits per heavy atom. The second-order valence-corrected chi connectivity index (χ2v) is 7.97. The lowest BCUT2D eigenvalue weighted by Gasteiger charge is -2.29. The number of carbonyl (C=O) groups is 2. The molecule has 3 aromatic rings. The van der Waals surface area contributed by atoms with Crippen LogP contribution in [0, 0.1) is 0 Å². The molecule has 0 spiro atoms. The molecule has 0 atom stereocenters. The van der Waals surface area contributed by atoms with Gasteiger partial charge in [-0.15, -0.1) is 0 Å². The molecule has 160 valence electrons. The normalized spacial score (nSPS) is 15.3. The number of anilines is 2. The molecular weight excluding hydrogens is 420 g/mol. The Kier molecular flexibility index (Phi) is 5.90. The fraction of sp³-hybridized carbons (Fsp3) is 0.273. The number of aromatic nitrogens is 2. The van der Waals surface area contributed by atoms with Gasteiger partial charge < -0.3 is 20.3 Å². The SMILES string of the molecule is O=C(Nc1ccc(-c2noc(C3(C(=O)O)CCCCC3)n2)cc1)Nc1cccc(Cl)c1. The molecule has 1 saturated carbocycles. The first kappa shape index (κ1) is 20.9. The molecule has 9 heteroatoms. The summed E-state index contributed by atoms with van der Waals surface area (Å²) < 4.78 is 5.36. The zero-order chi connectivity index (χ0) is 21.8. The van der Waals surface area contributed by atoms with E-state index in [9.17, 15) is 14.7 Å². The van der Waals surface area contributed by atoms with Crippen LogP contribution < -0.4 is 10.6 Å². The minimum absolute atomic E-state index is 0.151. The molecule has 3 N–H and O–H groups in total. The lowest BCUT2D eigenvalue weighted by atomic mass is 9.74. The number of carboxylic acid groups (broad SMARTS) is 1. The summed E-state index contributed by atoms with van der Waals surface area (Å²) in [4.78, 5) is 28.5. The zero-order valence-corrected chi connectivity index (χ0v) is 17.4. The molecule has 0 saturated heterocycles. The molecule has 31 heavy (non-hydrogen) atoms. The molecule has 1 aliphatic carbocycles. The molecule has 1 aromatic heterocycles. The molecule has 0 aliphatic heterocycles. The molecule has 2 amide bonds. The van der Waals surface area contributed by atoms with Gasteiger partial charge >= 0.3 is 12.0 Å². The monoisotopic (exact) mass is 440 g/mol. The van der Waals surface area contributed by atoms with Gasteiger partial charge in [-0.1, -0.05) is 42.1 Å². The second kappa shape index (κ2) is 8.77. The van der Waals surface area contributed by atoms with Gasteiger partial charge in [0.05, 0.1) is 0 Å². The van der Waals surface area contributed by atoms with E-state index in [4.69, 9.17) is 16.1 Å². The number of carboxylic acids is 1. The van der Waals surface area contributed by atoms with Crippen LogP contribution >= 0.6 is 11.6 Å². The number of amides is 2. The van der Waals surface area contributed by atoms with Crippen molar-refractivity contribution in [2.24, 2.45) is 0 Å². The molecule has 2 aromatic carbocycles. The summed E-state index contributed by atoms with van der Waals surface area (Å²) in [6.45, 7) is 0. The first-order valence-corrected chi connectivity index (χ1v) is 10.4. The average molecular weight is 441 g/mol. The van der Waals surface area contributed by atoms with Crippen LogP contribution in [0.15, 0.2) is 53.1 Å². The summed E-state index contributed by atoms with van der Waals surface area (Å²) in [5.74, 6) is -0.457. The van der Waals surface area contributed by atoms with Crippen LogP contribution in [-0.2, 0) is 10.2 Å². The molecule has 1 fully saturated rings. The van der Waals surface area contributed by atoms with Crippen molar-refractivity contribution in [2.45, 2.75) is 37.5 Å². The Labute approximate surface area is 183 Å². The first-order chi connectivity index (χ1) is 15.0. The number of hydrogen-bond acceptors (Lipinski definition) is 5. The van der Waals surface area contributed by atoms with Crippen molar-refractivity contribution in [3.63, 3.8) is 0 Å². The van der Waals surface area contributed by atoms with E-state index in [-0.39, 0.29) is 5.89 Å². The molecule has 1 aliphatic rings. The van der Waals surface area contributed by atoms with Gasteiger partial charge in [0.25, 0.3) is 0 Å². The third kappa shape index (κ3) is 4.54. The van der Waals surface area contributed by atoms with Crippen LogP contribution in [0.1, 0.15) is 38.0 Å². The number of nitrogens with one attached hydrogen (secondary N) is 2. The second-order valence-electron chi connectivity index (χ2n) is 7.54. The molecular formula is C22H21ClN4O4. The van der Waals surface area contributed by atoms with Crippen LogP contribution in [0.4, 0.5) is 16.2 Å².